The van der Waals surface area contributed by atoms with Crippen molar-refractivity contribution >= 4 is 22.4 Å². The maximum absolute atomic E-state index is 11.8. The fourth-order valence-corrected chi connectivity index (χ4v) is 5.19. The minimum atomic E-state index is -0.808. The zero-order chi connectivity index (χ0) is 23.1. The Labute approximate surface area is 198 Å². The highest BCUT2D eigenvalue weighted by Crippen LogP contribution is 2.43. The molecule has 0 unspecified atom stereocenters. The fourth-order valence-electron chi connectivity index (χ4n) is 5.19. The molecule has 1 aliphatic carbocycles. The summed E-state index contributed by atoms with van der Waals surface area (Å²) in [5.74, 6) is -0.0212. The number of rotatable bonds is 3. The van der Waals surface area contributed by atoms with Crippen LogP contribution in [0.4, 0.5) is 0 Å². The topological polar surface area (TPSA) is 40.5 Å². The highest BCUT2D eigenvalue weighted by molar-refractivity contribution is 6.02. The summed E-state index contributed by atoms with van der Waals surface area (Å²) < 4.78 is 0. The number of fused-ring (bicyclic) bond motifs is 2. The van der Waals surface area contributed by atoms with Crippen LogP contribution in [0.15, 0.2) is 115 Å². The van der Waals surface area contributed by atoms with E-state index in [0.717, 1.165) is 43.5 Å². The van der Waals surface area contributed by atoms with Crippen LogP contribution in [0.5, 0.6) is 5.75 Å². The first-order valence-electron chi connectivity index (χ1n) is 11.6. The van der Waals surface area contributed by atoms with Gasteiger partial charge >= 0.3 is 0 Å². The summed E-state index contributed by atoms with van der Waals surface area (Å²) in [6.45, 7) is 0. The molecule has 2 atom stereocenters. The van der Waals surface area contributed by atoms with Crippen molar-refractivity contribution in [3.63, 3.8) is 0 Å². The van der Waals surface area contributed by atoms with Gasteiger partial charge in [0.2, 0.25) is 0 Å². The first-order chi connectivity index (χ1) is 16.7. The molecule has 0 saturated carbocycles. The molecule has 5 aromatic carbocycles. The summed E-state index contributed by atoms with van der Waals surface area (Å²) in [4.78, 5) is 0. The van der Waals surface area contributed by atoms with E-state index in [1.807, 2.05) is 103 Å². The van der Waals surface area contributed by atoms with E-state index in [1.54, 1.807) is 0 Å². The average molecular weight is 441 g/mol. The third-order valence-electron chi connectivity index (χ3n) is 6.81. The molecule has 5 aromatic rings. The molecule has 0 spiro atoms. The van der Waals surface area contributed by atoms with Crippen molar-refractivity contribution in [3.8, 4) is 16.9 Å². The maximum atomic E-state index is 11.8. The standard InChI is InChI=1S/C32H24O2/c33-31-27(21-11-3-1-4-12-21)19-23-15-7-9-17-25(23)29(31)30-26-18-10-8-16-24(26)20-28(32(30)34)22-13-5-2-6-14-22/h1-20,27,31,33-34H/t27-,31+/m1/s1. The normalized spacial score (nSPS) is 17.3. The van der Waals surface area contributed by atoms with Crippen LogP contribution in [0.2, 0.25) is 0 Å². The van der Waals surface area contributed by atoms with E-state index in [0.29, 0.717) is 5.56 Å². The lowest BCUT2D eigenvalue weighted by molar-refractivity contribution is 0.219. The minimum Gasteiger partial charge on any atom is -0.507 e. The summed E-state index contributed by atoms with van der Waals surface area (Å²) in [5, 5.41) is 27.6. The second-order valence-electron chi connectivity index (χ2n) is 8.78. The van der Waals surface area contributed by atoms with Crippen LogP contribution < -0.4 is 10.4 Å². The molecular weight excluding hydrogens is 416 g/mol. The number of aliphatic hydroxyl groups is 1. The Morgan fingerprint density at radius 2 is 1.29 bits per heavy atom. The van der Waals surface area contributed by atoms with Crippen molar-refractivity contribution in [1.29, 1.82) is 0 Å². The first kappa shape index (κ1) is 20.5. The Kier molecular flexibility index (Phi) is 5.01. The van der Waals surface area contributed by atoms with E-state index in [1.165, 1.54) is 0 Å². The summed E-state index contributed by atoms with van der Waals surface area (Å²) >= 11 is 0. The number of aromatic hydroxyl groups is 1. The van der Waals surface area contributed by atoms with Gasteiger partial charge in [-0.05, 0) is 38.4 Å². The third kappa shape index (κ3) is 3.32. The Hall–Kier alpha value is -4.14. The summed E-state index contributed by atoms with van der Waals surface area (Å²) in [6, 6.07) is 38.2. The number of phenolic OH excluding ortho intramolecular Hbond substituents is 1. The van der Waals surface area contributed by atoms with E-state index in [2.05, 4.69) is 18.2 Å². The van der Waals surface area contributed by atoms with Gasteiger partial charge in [-0.3, -0.25) is 0 Å². The van der Waals surface area contributed by atoms with E-state index in [-0.39, 0.29) is 11.7 Å². The van der Waals surface area contributed by atoms with Crippen LogP contribution in [0.3, 0.4) is 0 Å². The number of hydrogen-bond acceptors (Lipinski definition) is 2. The molecule has 0 aromatic heterocycles. The van der Waals surface area contributed by atoms with Crippen molar-refractivity contribution in [2.24, 2.45) is 0 Å². The lowest BCUT2D eigenvalue weighted by Crippen LogP contribution is -2.39. The molecule has 0 radical (unpaired) electrons. The molecule has 2 nitrogen and oxygen atoms in total. The second kappa shape index (κ2) is 8.33. The highest BCUT2D eigenvalue weighted by Gasteiger charge is 2.30. The summed E-state index contributed by atoms with van der Waals surface area (Å²) in [6.07, 6.45) is 1.33. The van der Waals surface area contributed by atoms with Gasteiger partial charge in [0.25, 0.3) is 0 Å². The maximum Gasteiger partial charge on any atom is 0.131 e. The SMILES string of the molecule is Oc1c(-c2ccccc2)cc2ccccc2c1C1=c2ccccc2=C[C@H](c2ccccc2)[C@@H]1O. The molecule has 0 heterocycles. The molecule has 6 rings (SSSR count). The molecule has 0 amide bonds. The quantitative estimate of drug-likeness (QED) is 0.397. The fraction of sp³-hybridized carbons (Fsp3) is 0.0625. The monoisotopic (exact) mass is 440 g/mol. The Bertz CT molecular complexity index is 1620. The lowest BCUT2D eigenvalue weighted by Gasteiger charge is -2.28. The van der Waals surface area contributed by atoms with Crippen molar-refractivity contribution in [2.45, 2.75) is 12.0 Å². The van der Waals surface area contributed by atoms with Gasteiger partial charge in [0.1, 0.15) is 5.75 Å². The first-order valence-corrected chi connectivity index (χ1v) is 11.6. The molecule has 34 heavy (non-hydrogen) atoms. The predicted octanol–water partition coefficient (Wildman–Crippen LogP) is 5.35. The second-order valence-corrected chi connectivity index (χ2v) is 8.78. The molecular formula is C32H24O2. The molecule has 2 heteroatoms. The van der Waals surface area contributed by atoms with Crippen molar-refractivity contribution in [2.75, 3.05) is 0 Å². The molecule has 0 saturated heterocycles. The minimum absolute atomic E-state index is 0.197. The smallest absolute Gasteiger partial charge is 0.131 e. The van der Waals surface area contributed by atoms with Gasteiger partial charge < -0.3 is 10.2 Å². The summed E-state index contributed by atoms with van der Waals surface area (Å²) in [5.41, 5.74) is 4.21. The van der Waals surface area contributed by atoms with Gasteiger partial charge in [-0.1, -0.05) is 115 Å². The van der Waals surface area contributed by atoms with Gasteiger partial charge in [0, 0.05) is 22.6 Å². The highest BCUT2D eigenvalue weighted by atomic mass is 16.3. The largest absolute Gasteiger partial charge is 0.507 e. The predicted molar refractivity (Wildman–Crippen MR) is 139 cm³/mol. The molecule has 2 N–H and O–H groups in total. The van der Waals surface area contributed by atoms with Crippen LogP contribution in [-0.2, 0) is 0 Å². The number of hydrogen-bond donors (Lipinski definition) is 2. The number of phenols is 1. The molecule has 0 bridgehead atoms. The van der Waals surface area contributed by atoms with Gasteiger partial charge in [0.05, 0.1) is 6.10 Å². The lowest BCUT2D eigenvalue weighted by atomic mass is 9.79. The zero-order valence-electron chi connectivity index (χ0n) is 18.6. The Balaban J connectivity index is 1.72. The van der Waals surface area contributed by atoms with Gasteiger partial charge in [0.15, 0.2) is 0 Å². The van der Waals surface area contributed by atoms with Gasteiger partial charge in [-0.15, -0.1) is 0 Å². The third-order valence-corrected chi connectivity index (χ3v) is 6.81. The molecule has 0 aliphatic heterocycles. The summed E-state index contributed by atoms with van der Waals surface area (Å²) in [7, 11) is 0. The van der Waals surface area contributed by atoms with Crippen LogP contribution >= 0.6 is 0 Å². The Morgan fingerprint density at radius 1 is 0.647 bits per heavy atom. The molecule has 1 aliphatic rings. The van der Waals surface area contributed by atoms with Crippen LogP contribution in [0, 0.1) is 0 Å². The molecule has 164 valence electrons. The van der Waals surface area contributed by atoms with Crippen LogP contribution in [0.1, 0.15) is 17.0 Å². The van der Waals surface area contributed by atoms with Crippen molar-refractivity contribution < 1.29 is 10.2 Å². The Morgan fingerprint density at radius 3 is 2.09 bits per heavy atom. The number of aliphatic hydroxyl groups excluding tert-OH is 1. The zero-order valence-corrected chi connectivity index (χ0v) is 18.6. The van der Waals surface area contributed by atoms with E-state index >= 15 is 0 Å². The van der Waals surface area contributed by atoms with E-state index in [9.17, 15) is 10.2 Å². The molecule has 0 fully saturated rings. The van der Waals surface area contributed by atoms with Crippen molar-refractivity contribution in [3.05, 3.63) is 137 Å². The number of benzene rings is 5. The van der Waals surface area contributed by atoms with Gasteiger partial charge in [-0.25, -0.2) is 0 Å². The van der Waals surface area contributed by atoms with E-state index in [4.69, 9.17) is 0 Å². The van der Waals surface area contributed by atoms with E-state index < -0.39 is 6.10 Å². The average Bonchev–Trinajstić information content (AvgIpc) is 2.90. The van der Waals surface area contributed by atoms with Crippen LogP contribution in [0.25, 0.3) is 33.5 Å². The van der Waals surface area contributed by atoms with Gasteiger partial charge in [-0.2, -0.15) is 0 Å². The van der Waals surface area contributed by atoms with Crippen molar-refractivity contribution in [1.82, 2.24) is 0 Å². The van der Waals surface area contributed by atoms with Crippen LogP contribution in [-0.4, -0.2) is 16.3 Å².